The van der Waals surface area contributed by atoms with Crippen molar-refractivity contribution in [1.82, 2.24) is 0 Å². The number of hydrogen-bond acceptors (Lipinski definition) is 2. The van der Waals surface area contributed by atoms with Crippen LogP contribution in [0, 0.1) is 17.3 Å². The van der Waals surface area contributed by atoms with Crippen molar-refractivity contribution >= 4 is 0 Å². The van der Waals surface area contributed by atoms with Gasteiger partial charge in [-0.1, -0.05) is 25.5 Å². The average molecular weight is 294 g/mol. The van der Waals surface area contributed by atoms with E-state index in [0.29, 0.717) is 11.8 Å². The summed E-state index contributed by atoms with van der Waals surface area (Å²) >= 11 is 0. The van der Waals surface area contributed by atoms with Crippen LogP contribution in [0.4, 0.5) is 0 Å². The Morgan fingerprint density at radius 3 is 2.43 bits per heavy atom. The number of hydrogen-bond donors (Lipinski definition) is 1. The molecule has 0 bridgehead atoms. The van der Waals surface area contributed by atoms with E-state index in [9.17, 15) is 0 Å². The Labute approximate surface area is 129 Å². The largest absolute Gasteiger partial charge is 0.347 e. The lowest BCUT2D eigenvalue weighted by Crippen LogP contribution is -3.14. The predicted molar refractivity (Wildman–Crippen MR) is 84.2 cm³/mol. The first kappa shape index (κ1) is 15.5. The fourth-order valence-electron chi connectivity index (χ4n) is 4.54. The first-order chi connectivity index (χ1) is 10.1. The molecule has 0 saturated carbocycles. The van der Waals surface area contributed by atoms with Crippen molar-refractivity contribution in [1.29, 1.82) is 0 Å². The number of allylic oxidation sites excluding steroid dienone is 2. The van der Waals surface area contributed by atoms with Gasteiger partial charge in [0.15, 0.2) is 0 Å². The predicted octanol–water partition coefficient (Wildman–Crippen LogP) is 2.04. The monoisotopic (exact) mass is 294 g/mol. The molecule has 0 aromatic carbocycles. The first-order valence-electron chi connectivity index (χ1n) is 8.84. The molecule has 3 rings (SSSR count). The van der Waals surface area contributed by atoms with E-state index in [1.165, 1.54) is 44.3 Å². The van der Waals surface area contributed by atoms with E-state index in [0.717, 1.165) is 19.8 Å². The molecule has 2 heterocycles. The third-order valence-corrected chi connectivity index (χ3v) is 6.14. The molecule has 0 unspecified atom stereocenters. The van der Waals surface area contributed by atoms with E-state index in [-0.39, 0.29) is 11.7 Å². The summed E-state index contributed by atoms with van der Waals surface area (Å²) in [5, 5.41) is 0. The van der Waals surface area contributed by atoms with Gasteiger partial charge in [-0.3, -0.25) is 0 Å². The molecule has 0 radical (unpaired) electrons. The zero-order valence-corrected chi connectivity index (χ0v) is 14.0. The Bertz CT molecular complexity index is 379. The number of nitrogens with one attached hydrogen (secondary N) is 1. The molecule has 3 aliphatic rings. The molecule has 0 amide bonds. The lowest BCUT2D eigenvalue weighted by atomic mass is 9.63. The van der Waals surface area contributed by atoms with Crippen LogP contribution in [0.15, 0.2) is 11.6 Å². The van der Waals surface area contributed by atoms with Crippen LogP contribution in [-0.4, -0.2) is 39.1 Å². The first-order valence-corrected chi connectivity index (χ1v) is 8.84. The van der Waals surface area contributed by atoms with Crippen molar-refractivity contribution < 1.29 is 14.4 Å². The van der Waals surface area contributed by atoms with Gasteiger partial charge in [0.1, 0.15) is 6.54 Å². The Balaban J connectivity index is 1.56. The van der Waals surface area contributed by atoms with Crippen molar-refractivity contribution in [3.63, 3.8) is 0 Å². The molecule has 1 N–H and O–H groups in total. The van der Waals surface area contributed by atoms with E-state index in [4.69, 9.17) is 9.47 Å². The highest BCUT2D eigenvalue weighted by Gasteiger charge is 2.47. The van der Waals surface area contributed by atoms with Gasteiger partial charge in [0.25, 0.3) is 0 Å². The third-order valence-electron chi connectivity index (χ3n) is 6.14. The second-order valence-electron chi connectivity index (χ2n) is 7.71. The molecule has 2 fully saturated rings. The zero-order chi connectivity index (χ0) is 14.9. The fraction of sp³-hybridized carbons (Fsp3) is 0.889. The van der Waals surface area contributed by atoms with Gasteiger partial charge in [-0.25, -0.2) is 0 Å². The summed E-state index contributed by atoms with van der Waals surface area (Å²) in [5.74, 6) is 1.21. The number of quaternary nitrogens is 1. The highest BCUT2D eigenvalue weighted by molar-refractivity contribution is 5.13. The molecule has 1 spiro atoms. The second-order valence-corrected chi connectivity index (χ2v) is 7.71. The highest BCUT2D eigenvalue weighted by Crippen LogP contribution is 2.46. The summed E-state index contributed by atoms with van der Waals surface area (Å²) in [6.07, 6.45) is 7.78. The highest BCUT2D eigenvalue weighted by atomic mass is 16.7. The van der Waals surface area contributed by atoms with Gasteiger partial charge in [-0.15, -0.1) is 0 Å². The van der Waals surface area contributed by atoms with Gasteiger partial charge in [0.05, 0.1) is 26.3 Å². The molecule has 2 saturated heterocycles. The summed E-state index contributed by atoms with van der Waals surface area (Å²) in [6.45, 7) is 12.3. The number of ether oxygens (including phenoxy) is 2. The molecule has 120 valence electrons. The molecule has 21 heavy (non-hydrogen) atoms. The van der Waals surface area contributed by atoms with Crippen LogP contribution in [0.3, 0.4) is 0 Å². The van der Waals surface area contributed by atoms with Gasteiger partial charge in [-0.05, 0) is 44.4 Å². The van der Waals surface area contributed by atoms with Crippen LogP contribution in [0.5, 0.6) is 0 Å². The maximum atomic E-state index is 6.18. The molecular weight excluding hydrogens is 262 g/mol. The van der Waals surface area contributed by atoms with Crippen molar-refractivity contribution in [3.05, 3.63) is 11.6 Å². The van der Waals surface area contributed by atoms with E-state index in [1.54, 1.807) is 4.90 Å². The maximum absolute atomic E-state index is 6.18. The molecule has 2 aliphatic heterocycles. The van der Waals surface area contributed by atoms with Crippen LogP contribution in [0.1, 0.15) is 46.5 Å². The summed E-state index contributed by atoms with van der Waals surface area (Å²) in [5.41, 5.74) is 1.73. The van der Waals surface area contributed by atoms with Gasteiger partial charge in [-0.2, -0.15) is 0 Å². The standard InChI is InChI=1S/C18H31NO2/c1-14-9-15(2)18(16(3)10-14)12-20-17(21-13-18)11-19-7-5-4-6-8-19/h9,15-17H,4-8,10-13H2,1-3H3/p+1/t15-,16+,17?,18?/m1/s1. The van der Waals surface area contributed by atoms with Gasteiger partial charge in [0.2, 0.25) is 6.29 Å². The lowest BCUT2D eigenvalue weighted by molar-refractivity contribution is -0.911. The van der Waals surface area contributed by atoms with E-state index in [1.807, 2.05) is 0 Å². The third kappa shape index (κ3) is 3.20. The lowest BCUT2D eigenvalue weighted by Gasteiger charge is -2.49. The van der Waals surface area contributed by atoms with Crippen molar-refractivity contribution in [2.75, 3.05) is 32.8 Å². The Morgan fingerprint density at radius 1 is 1.14 bits per heavy atom. The van der Waals surface area contributed by atoms with E-state index < -0.39 is 0 Å². The summed E-state index contributed by atoms with van der Waals surface area (Å²) in [6, 6.07) is 0. The maximum Gasteiger partial charge on any atom is 0.207 e. The minimum absolute atomic E-state index is 0.0233. The second kappa shape index (κ2) is 6.39. The van der Waals surface area contributed by atoms with Gasteiger partial charge < -0.3 is 14.4 Å². The van der Waals surface area contributed by atoms with Gasteiger partial charge >= 0.3 is 0 Å². The van der Waals surface area contributed by atoms with Crippen LogP contribution < -0.4 is 4.90 Å². The van der Waals surface area contributed by atoms with Crippen molar-refractivity contribution in [2.45, 2.75) is 52.7 Å². The Morgan fingerprint density at radius 2 is 1.81 bits per heavy atom. The summed E-state index contributed by atoms with van der Waals surface area (Å²) < 4.78 is 12.4. The topological polar surface area (TPSA) is 22.9 Å². The van der Waals surface area contributed by atoms with E-state index in [2.05, 4.69) is 26.8 Å². The van der Waals surface area contributed by atoms with Crippen LogP contribution in [0.2, 0.25) is 0 Å². The Hall–Kier alpha value is -0.380. The molecule has 3 nitrogen and oxygen atoms in total. The summed E-state index contributed by atoms with van der Waals surface area (Å²) in [4.78, 5) is 1.67. The quantitative estimate of drug-likeness (QED) is 0.788. The zero-order valence-electron chi connectivity index (χ0n) is 14.0. The fourth-order valence-corrected chi connectivity index (χ4v) is 4.54. The minimum atomic E-state index is 0.0233. The SMILES string of the molecule is CC1=C[C@@H](C)C2(COC(C[NH+]3CCCCC3)OC2)[C@@H](C)C1. The van der Waals surface area contributed by atoms with Crippen LogP contribution in [-0.2, 0) is 9.47 Å². The number of rotatable bonds is 2. The molecule has 2 atom stereocenters. The van der Waals surface area contributed by atoms with Crippen molar-refractivity contribution in [3.8, 4) is 0 Å². The molecule has 0 aromatic rings. The molecular formula is C18H32NO2+. The minimum Gasteiger partial charge on any atom is -0.347 e. The summed E-state index contributed by atoms with van der Waals surface area (Å²) in [7, 11) is 0. The smallest absolute Gasteiger partial charge is 0.207 e. The molecule has 3 heteroatoms. The molecule has 0 aromatic heterocycles. The van der Waals surface area contributed by atoms with Gasteiger partial charge in [0, 0.05) is 5.41 Å². The van der Waals surface area contributed by atoms with Crippen molar-refractivity contribution in [2.24, 2.45) is 17.3 Å². The molecule has 1 aliphatic carbocycles. The van der Waals surface area contributed by atoms with Crippen LogP contribution in [0.25, 0.3) is 0 Å². The van der Waals surface area contributed by atoms with Crippen LogP contribution >= 0.6 is 0 Å². The normalized spacial score (nSPS) is 42.0. The van der Waals surface area contributed by atoms with E-state index >= 15 is 0 Å². The number of piperidine rings is 1. The average Bonchev–Trinajstić information content (AvgIpc) is 2.47. The number of likely N-dealkylation sites (tertiary alicyclic amines) is 1. The Kier molecular flexibility index (Phi) is 4.72.